The molecule has 0 saturated carbocycles. The van der Waals surface area contributed by atoms with E-state index in [1.54, 1.807) is 51.1 Å². The summed E-state index contributed by atoms with van der Waals surface area (Å²) in [5, 5.41) is 2.70. The van der Waals surface area contributed by atoms with Crippen molar-refractivity contribution >= 4 is 15.9 Å². The normalized spacial score (nSPS) is 12.4. The van der Waals surface area contributed by atoms with Crippen molar-refractivity contribution in [2.75, 3.05) is 13.4 Å². The van der Waals surface area contributed by atoms with Crippen LogP contribution in [0.1, 0.15) is 43.6 Å². The van der Waals surface area contributed by atoms with Crippen LogP contribution in [0.5, 0.6) is 5.75 Å². The molecule has 4 aromatic rings. The third-order valence-electron chi connectivity index (χ3n) is 7.19. The van der Waals surface area contributed by atoms with Gasteiger partial charge in [0.05, 0.1) is 36.7 Å². The number of halogens is 2. The standard InChI is InChI=1S/C33H35F2N3O7S/c1-20-28(22-14-10-16-26(44-5)29(22)35)30(39)38(19-25(21-12-8-7-9-13-21)36-31(40)45-33(2,3)4)32(41)37(20)18-23-24(34)15-11-17-27(23)46(6,42)43/h7-17,25H,18-19H2,1-6H3,(H,36,40)/t25-/m0/s1. The van der Waals surface area contributed by atoms with Gasteiger partial charge < -0.3 is 14.8 Å². The fourth-order valence-corrected chi connectivity index (χ4v) is 6.00. The Morgan fingerprint density at radius 1 is 0.957 bits per heavy atom. The van der Waals surface area contributed by atoms with Gasteiger partial charge in [-0.3, -0.25) is 13.9 Å². The third-order valence-corrected chi connectivity index (χ3v) is 8.37. The van der Waals surface area contributed by atoms with Crippen LogP contribution < -0.4 is 21.3 Å². The van der Waals surface area contributed by atoms with E-state index in [2.05, 4.69) is 5.32 Å². The molecule has 0 aliphatic carbocycles. The number of carbonyl (C=O) groups is 1. The second-order valence-electron chi connectivity index (χ2n) is 11.7. The van der Waals surface area contributed by atoms with Crippen LogP contribution in [0.3, 0.4) is 0 Å². The molecule has 0 spiro atoms. The first kappa shape index (κ1) is 34.1. The Kier molecular flexibility index (Phi) is 9.85. The van der Waals surface area contributed by atoms with E-state index in [9.17, 15) is 22.8 Å². The molecule has 1 atom stereocenters. The Labute approximate surface area is 265 Å². The van der Waals surface area contributed by atoms with E-state index < -0.39 is 63.5 Å². The topological polar surface area (TPSA) is 126 Å². The van der Waals surface area contributed by atoms with E-state index in [-0.39, 0.29) is 33.0 Å². The number of benzene rings is 3. The fourth-order valence-electron chi connectivity index (χ4n) is 5.07. The van der Waals surface area contributed by atoms with Gasteiger partial charge in [0.15, 0.2) is 21.4 Å². The van der Waals surface area contributed by atoms with E-state index in [0.717, 1.165) is 21.5 Å². The smallest absolute Gasteiger partial charge is 0.408 e. The van der Waals surface area contributed by atoms with E-state index >= 15 is 8.78 Å². The van der Waals surface area contributed by atoms with E-state index in [1.165, 1.54) is 44.4 Å². The monoisotopic (exact) mass is 655 g/mol. The second kappa shape index (κ2) is 13.3. The lowest BCUT2D eigenvalue weighted by atomic mass is 10.0. The maximum atomic E-state index is 15.7. The van der Waals surface area contributed by atoms with Crippen molar-refractivity contribution in [2.45, 2.75) is 57.3 Å². The zero-order valence-corrected chi connectivity index (χ0v) is 27.1. The molecule has 0 aliphatic heterocycles. The lowest BCUT2D eigenvalue weighted by Crippen LogP contribution is -2.46. The highest BCUT2D eigenvalue weighted by Gasteiger charge is 2.27. The van der Waals surface area contributed by atoms with E-state index in [4.69, 9.17) is 9.47 Å². The highest BCUT2D eigenvalue weighted by Crippen LogP contribution is 2.30. The molecule has 3 aromatic carbocycles. The van der Waals surface area contributed by atoms with Crippen molar-refractivity contribution in [3.63, 3.8) is 0 Å². The van der Waals surface area contributed by atoms with Crippen LogP contribution in [0.25, 0.3) is 11.1 Å². The summed E-state index contributed by atoms with van der Waals surface area (Å²) >= 11 is 0. The number of carbonyl (C=O) groups excluding carboxylic acids is 1. The van der Waals surface area contributed by atoms with Gasteiger partial charge in [0.1, 0.15) is 11.4 Å². The number of nitrogens with one attached hydrogen (secondary N) is 1. The van der Waals surface area contributed by atoms with Crippen LogP contribution in [0.4, 0.5) is 13.6 Å². The molecular weight excluding hydrogens is 620 g/mol. The Morgan fingerprint density at radius 3 is 2.22 bits per heavy atom. The lowest BCUT2D eigenvalue weighted by Gasteiger charge is -2.25. The van der Waals surface area contributed by atoms with Crippen molar-refractivity contribution in [3.8, 4) is 16.9 Å². The summed E-state index contributed by atoms with van der Waals surface area (Å²) in [7, 11) is -2.69. The van der Waals surface area contributed by atoms with Crippen LogP contribution in [0.15, 0.2) is 81.2 Å². The highest BCUT2D eigenvalue weighted by atomic mass is 32.2. The first-order chi connectivity index (χ1) is 21.5. The largest absolute Gasteiger partial charge is 0.494 e. The van der Waals surface area contributed by atoms with Crippen molar-refractivity contribution < 1.29 is 31.5 Å². The van der Waals surface area contributed by atoms with E-state index in [1.807, 2.05) is 0 Å². The molecule has 244 valence electrons. The number of rotatable bonds is 9. The number of hydrogen-bond donors (Lipinski definition) is 1. The quantitative estimate of drug-likeness (QED) is 0.269. The number of amides is 1. The number of hydrogen-bond acceptors (Lipinski definition) is 7. The molecule has 0 fully saturated rings. The van der Waals surface area contributed by atoms with Gasteiger partial charge >= 0.3 is 11.8 Å². The molecule has 0 radical (unpaired) electrons. The summed E-state index contributed by atoms with van der Waals surface area (Å²) < 4.78 is 68.4. The van der Waals surface area contributed by atoms with Gasteiger partial charge in [0.25, 0.3) is 5.56 Å². The average Bonchev–Trinajstić information content (AvgIpc) is 2.97. The van der Waals surface area contributed by atoms with Crippen LogP contribution in [0.2, 0.25) is 0 Å². The summed E-state index contributed by atoms with van der Waals surface area (Å²) in [5.74, 6) is -1.94. The van der Waals surface area contributed by atoms with E-state index in [0.29, 0.717) is 5.56 Å². The first-order valence-electron chi connectivity index (χ1n) is 14.2. The van der Waals surface area contributed by atoms with Gasteiger partial charge in [0, 0.05) is 23.1 Å². The molecule has 1 N–H and O–H groups in total. The minimum atomic E-state index is -3.94. The summed E-state index contributed by atoms with van der Waals surface area (Å²) in [6, 6.07) is 15.2. The number of sulfone groups is 1. The van der Waals surface area contributed by atoms with Gasteiger partial charge in [-0.2, -0.15) is 0 Å². The molecular formula is C33H35F2N3O7S. The molecule has 0 unspecified atom stereocenters. The molecule has 1 aromatic heterocycles. The third kappa shape index (κ3) is 7.36. The SMILES string of the molecule is COc1cccc(-c2c(C)n(Cc3c(F)cccc3S(C)(=O)=O)c(=O)n(C[C@H](NC(=O)OC(C)(C)C)c3ccccc3)c2=O)c1F. The summed E-state index contributed by atoms with van der Waals surface area (Å²) in [4.78, 5) is 40.8. The van der Waals surface area contributed by atoms with Crippen molar-refractivity contribution in [2.24, 2.45) is 0 Å². The minimum Gasteiger partial charge on any atom is -0.494 e. The summed E-state index contributed by atoms with van der Waals surface area (Å²) in [6.45, 7) is 5.38. The molecule has 0 bridgehead atoms. The summed E-state index contributed by atoms with van der Waals surface area (Å²) in [5.41, 5.74) is -2.96. The number of ether oxygens (including phenoxy) is 2. The van der Waals surface area contributed by atoms with Crippen LogP contribution in [0, 0.1) is 18.6 Å². The number of aromatic nitrogens is 2. The van der Waals surface area contributed by atoms with Gasteiger partial charge in [-0.15, -0.1) is 0 Å². The second-order valence-corrected chi connectivity index (χ2v) is 13.6. The molecule has 4 rings (SSSR count). The van der Waals surface area contributed by atoms with Crippen LogP contribution >= 0.6 is 0 Å². The van der Waals surface area contributed by atoms with Gasteiger partial charge in [0.2, 0.25) is 0 Å². The molecule has 1 amide bonds. The van der Waals surface area contributed by atoms with Gasteiger partial charge in [-0.05, 0) is 51.5 Å². The van der Waals surface area contributed by atoms with Crippen LogP contribution in [-0.2, 0) is 27.7 Å². The molecule has 13 heteroatoms. The molecule has 1 heterocycles. The zero-order chi connectivity index (χ0) is 34.0. The predicted molar refractivity (Wildman–Crippen MR) is 169 cm³/mol. The number of nitrogens with zero attached hydrogens (tertiary/aromatic N) is 2. The Balaban J connectivity index is 2.01. The predicted octanol–water partition coefficient (Wildman–Crippen LogP) is 4.99. The summed E-state index contributed by atoms with van der Waals surface area (Å²) in [6.07, 6.45) is 0.0936. The van der Waals surface area contributed by atoms with Gasteiger partial charge in [-0.25, -0.2) is 26.8 Å². The molecule has 0 saturated heterocycles. The van der Waals surface area contributed by atoms with Crippen molar-refractivity contribution in [1.29, 1.82) is 0 Å². The average molecular weight is 656 g/mol. The van der Waals surface area contributed by atoms with Gasteiger partial charge in [-0.1, -0.05) is 48.5 Å². The Hall–Kier alpha value is -4.78. The lowest BCUT2D eigenvalue weighted by molar-refractivity contribution is 0.0497. The van der Waals surface area contributed by atoms with Crippen molar-refractivity contribution in [3.05, 3.63) is 116 Å². The van der Waals surface area contributed by atoms with Crippen LogP contribution in [-0.4, -0.2) is 42.6 Å². The number of methoxy groups -OCH3 is 1. The zero-order valence-electron chi connectivity index (χ0n) is 26.3. The number of alkyl carbamates (subject to hydrolysis) is 1. The maximum Gasteiger partial charge on any atom is 0.408 e. The molecule has 0 aliphatic rings. The molecule has 46 heavy (non-hydrogen) atoms. The van der Waals surface area contributed by atoms with Crippen molar-refractivity contribution in [1.82, 2.24) is 14.5 Å². The molecule has 10 nitrogen and oxygen atoms in total. The Bertz CT molecular complexity index is 2000. The maximum absolute atomic E-state index is 15.7. The Morgan fingerprint density at radius 2 is 1.61 bits per heavy atom. The highest BCUT2D eigenvalue weighted by molar-refractivity contribution is 7.90. The fraction of sp³-hybridized carbons (Fsp3) is 0.303. The minimum absolute atomic E-state index is 0.0440. The first-order valence-corrected chi connectivity index (χ1v) is 16.1.